The summed E-state index contributed by atoms with van der Waals surface area (Å²) in [5, 5.41) is 10.3. The van der Waals surface area contributed by atoms with Crippen LogP contribution in [0.4, 0.5) is 0 Å². The molecule has 1 amide bonds. The fourth-order valence-electron chi connectivity index (χ4n) is 2.88. The Balaban J connectivity index is 1.66. The van der Waals surface area contributed by atoms with Crippen LogP contribution in [0.3, 0.4) is 0 Å². The van der Waals surface area contributed by atoms with Gasteiger partial charge in [0.1, 0.15) is 5.75 Å². The first-order valence-electron chi connectivity index (χ1n) is 9.31. The summed E-state index contributed by atoms with van der Waals surface area (Å²) < 4.78 is 7.11. The van der Waals surface area contributed by atoms with Crippen molar-refractivity contribution in [3.63, 3.8) is 0 Å². The second-order valence-electron chi connectivity index (χ2n) is 6.56. The molecule has 1 heterocycles. The van der Waals surface area contributed by atoms with E-state index in [1.54, 1.807) is 31.2 Å². The number of carbonyl (C=O) groups is 1. The van der Waals surface area contributed by atoms with Crippen LogP contribution in [0.2, 0.25) is 10.0 Å². The first-order valence-corrected chi connectivity index (χ1v) is 11.1. The van der Waals surface area contributed by atoms with Crippen molar-refractivity contribution in [3.8, 4) is 17.1 Å². The Labute approximate surface area is 190 Å². The highest BCUT2D eigenvalue weighted by Crippen LogP contribution is 2.31. The Morgan fingerprint density at radius 2 is 1.90 bits per heavy atom. The highest BCUT2D eigenvalue weighted by Gasteiger charge is 2.18. The molecule has 0 atom stereocenters. The van der Waals surface area contributed by atoms with Crippen molar-refractivity contribution in [3.05, 3.63) is 58.1 Å². The number of aromatic nitrogens is 3. The van der Waals surface area contributed by atoms with E-state index >= 15 is 0 Å². The lowest BCUT2D eigenvalue weighted by Crippen LogP contribution is -2.27. The number of ether oxygens (including phenoxy) is 1. The van der Waals surface area contributed by atoms with Gasteiger partial charge in [0.15, 0.2) is 11.0 Å². The van der Waals surface area contributed by atoms with Crippen LogP contribution in [0, 0.1) is 0 Å². The molecule has 6 nitrogen and oxygen atoms in total. The molecule has 0 aliphatic carbocycles. The molecule has 0 radical (unpaired) electrons. The molecule has 0 fully saturated rings. The molecule has 9 heteroatoms. The zero-order valence-corrected chi connectivity index (χ0v) is 19.3. The molecule has 0 N–H and O–H groups in total. The molecule has 0 unspecified atom stereocenters. The molecule has 0 saturated carbocycles. The van der Waals surface area contributed by atoms with Crippen LogP contribution in [0.25, 0.3) is 11.4 Å². The minimum atomic E-state index is 0.00699. The largest absolute Gasteiger partial charge is 0.497 e. The molecule has 3 aromatic rings. The van der Waals surface area contributed by atoms with Gasteiger partial charge in [-0.15, -0.1) is 10.2 Å². The van der Waals surface area contributed by atoms with Gasteiger partial charge in [0, 0.05) is 30.7 Å². The van der Waals surface area contributed by atoms with Crippen molar-refractivity contribution in [1.82, 2.24) is 19.7 Å². The summed E-state index contributed by atoms with van der Waals surface area (Å²) in [6, 6.07) is 12.9. The number of hydrogen-bond donors (Lipinski definition) is 0. The monoisotopic (exact) mass is 464 g/mol. The van der Waals surface area contributed by atoms with E-state index < -0.39 is 0 Å². The summed E-state index contributed by atoms with van der Waals surface area (Å²) in [4.78, 5) is 14.3. The minimum absolute atomic E-state index is 0.00699. The van der Waals surface area contributed by atoms with Gasteiger partial charge in [0.05, 0.1) is 17.9 Å². The third-order valence-corrected chi connectivity index (χ3v) is 6.03. The number of amides is 1. The quantitative estimate of drug-likeness (QED) is 0.437. The normalized spacial score (nSPS) is 10.8. The number of nitrogens with zero attached hydrogens (tertiary/aromatic N) is 4. The number of benzene rings is 2. The zero-order chi connectivity index (χ0) is 21.7. The summed E-state index contributed by atoms with van der Waals surface area (Å²) in [5.74, 6) is 1.71. The van der Waals surface area contributed by atoms with E-state index in [1.807, 2.05) is 41.8 Å². The first kappa shape index (κ1) is 22.5. The molecule has 158 valence electrons. The van der Waals surface area contributed by atoms with E-state index in [2.05, 4.69) is 10.2 Å². The van der Waals surface area contributed by atoms with E-state index in [0.29, 0.717) is 34.1 Å². The third-order valence-electron chi connectivity index (χ3n) is 4.53. The smallest absolute Gasteiger partial charge is 0.233 e. The van der Waals surface area contributed by atoms with Crippen LogP contribution in [0.15, 0.2) is 47.6 Å². The zero-order valence-electron chi connectivity index (χ0n) is 16.9. The van der Waals surface area contributed by atoms with Crippen LogP contribution >= 0.6 is 35.0 Å². The fourth-order valence-corrected chi connectivity index (χ4v) is 4.32. The molecular weight excluding hydrogens is 443 g/mol. The number of carbonyl (C=O) groups excluding carboxylic acids is 1. The lowest BCUT2D eigenvalue weighted by Gasteiger charge is -2.17. The molecule has 30 heavy (non-hydrogen) atoms. The van der Waals surface area contributed by atoms with Crippen molar-refractivity contribution < 1.29 is 9.53 Å². The van der Waals surface area contributed by atoms with Crippen molar-refractivity contribution in [2.45, 2.75) is 25.2 Å². The van der Waals surface area contributed by atoms with Crippen molar-refractivity contribution in [2.24, 2.45) is 0 Å². The lowest BCUT2D eigenvalue weighted by molar-refractivity contribution is -0.127. The SMILES string of the molecule is CCn1c(SCC(=O)N(C)Cc2ccc(OC)cc2)nnc1-c1ccc(Cl)cc1Cl. The molecule has 0 saturated heterocycles. The number of methoxy groups -OCH3 is 1. The Morgan fingerprint density at radius 3 is 2.53 bits per heavy atom. The van der Waals surface area contributed by atoms with Gasteiger partial charge in [0.2, 0.25) is 5.91 Å². The predicted octanol–water partition coefficient (Wildman–Crippen LogP) is 5.03. The summed E-state index contributed by atoms with van der Waals surface area (Å²) >= 11 is 13.7. The van der Waals surface area contributed by atoms with E-state index in [1.165, 1.54) is 11.8 Å². The Hall–Kier alpha value is -2.22. The molecule has 2 aromatic carbocycles. The van der Waals surface area contributed by atoms with Gasteiger partial charge in [-0.2, -0.15) is 0 Å². The summed E-state index contributed by atoms with van der Waals surface area (Å²) in [6.45, 7) is 3.17. The Kier molecular flexibility index (Phi) is 7.64. The van der Waals surface area contributed by atoms with Crippen LogP contribution in [0.5, 0.6) is 5.75 Å². The molecule has 0 aliphatic heterocycles. The maximum absolute atomic E-state index is 12.6. The van der Waals surface area contributed by atoms with E-state index in [4.69, 9.17) is 27.9 Å². The summed E-state index contributed by atoms with van der Waals surface area (Å²) in [7, 11) is 3.42. The molecule has 0 bridgehead atoms. The number of rotatable bonds is 8. The predicted molar refractivity (Wildman–Crippen MR) is 121 cm³/mol. The van der Waals surface area contributed by atoms with Crippen molar-refractivity contribution in [2.75, 3.05) is 19.9 Å². The van der Waals surface area contributed by atoms with Gasteiger partial charge in [0.25, 0.3) is 0 Å². The van der Waals surface area contributed by atoms with Gasteiger partial charge < -0.3 is 14.2 Å². The van der Waals surface area contributed by atoms with Crippen molar-refractivity contribution in [1.29, 1.82) is 0 Å². The Bertz CT molecular complexity index is 1020. The first-order chi connectivity index (χ1) is 14.4. The van der Waals surface area contributed by atoms with Crippen LogP contribution < -0.4 is 4.74 Å². The average Bonchev–Trinajstić information content (AvgIpc) is 3.15. The second-order valence-corrected chi connectivity index (χ2v) is 8.35. The average molecular weight is 465 g/mol. The van der Waals surface area contributed by atoms with Crippen LogP contribution in [-0.2, 0) is 17.9 Å². The number of halogens is 2. The Morgan fingerprint density at radius 1 is 1.17 bits per heavy atom. The molecule has 3 rings (SSSR count). The van der Waals surface area contributed by atoms with E-state index in [9.17, 15) is 4.79 Å². The van der Waals surface area contributed by atoms with Gasteiger partial charge in [-0.3, -0.25) is 4.79 Å². The lowest BCUT2D eigenvalue weighted by atomic mass is 10.2. The van der Waals surface area contributed by atoms with Gasteiger partial charge >= 0.3 is 0 Å². The summed E-state index contributed by atoms with van der Waals surface area (Å²) in [5.41, 5.74) is 1.79. The highest BCUT2D eigenvalue weighted by molar-refractivity contribution is 7.99. The number of thioether (sulfide) groups is 1. The molecule has 1 aromatic heterocycles. The highest BCUT2D eigenvalue weighted by atomic mass is 35.5. The third kappa shape index (κ3) is 5.28. The second kappa shape index (κ2) is 10.2. The molecule has 0 spiro atoms. The van der Waals surface area contributed by atoms with Gasteiger partial charge in [-0.1, -0.05) is 47.1 Å². The fraction of sp³-hybridized carbons (Fsp3) is 0.286. The van der Waals surface area contributed by atoms with E-state index in [0.717, 1.165) is 16.9 Å². The maximum Gasteiger partial charge on any atom is 0.233 e. The minimum Gasteiger partial charge on any atom is -0.497 e. The van der Waals surface area contributed by atoms with Crippen LogP contribution in [0.1, 0.15) is 12.5 Å². The summed E-state index contributed by atoms with van der Waals surface area (Å²) in [6.07, 6.45) is 0. The maximum atomic E-state index is 12.6. The molecular formula is C21H22Cl2N4O2S. The van der Waals surface area contributed by atoms with Gasteiger partial charge in [-0.05, 0) is 42.8 Å². The molecule has 0 aliphatic rings. The van der Waals surface area contributed by atoms with Crippen LogP contribution in [-0.4, -0.2) is 45.5 Å². The van der Waals surface area contributed by atoms with Crippen molar-refractivity contribution >= 4 is 40.9 Å². The van der Waals surface area contributed by atoms with E-state index in [-0.39, 0.29) is 11.7 Å². The standard InChI is InChI=1S/C21H22Cl2N4O2S/c1-4-27-20(17-10-7-15(22)11-18(17)23)24-25-21(27)30-13-19(28)26(2)12-14-5-8-16(29-3)9-6-14/h5-11H,4,12-13H2,1-3H3. The van der Waals surface area contributed by atoms with Gasteiger partial charge in [-0.25, -0.2) is 0 Å². The number of hydrogen-bond acceptors (Lipinski definition) is 5. The topological polar surface area (TPSA) is 60.2 Å².